The molecule has 1 saturated heterocycles. The predicted molar refractivity (Wildman–Crippen MR) is 49.2 cm³/mol. The van der Waals surface area contributed by atoms with Crippen molar-refractivity contribution in [1.29, 1.82) is 0 Å². The van der Waals surface area contributed by atoms with Gasteiger partial charge in [-0.3, -0.25) is 15.0 Å². The van der Waals surface area contributed by atoms with E-state index in [4.69, 9.17) is 8.89 Å². The zero-order chi connectivity index (χ0) is 12.7. The molecule has 6 nitrogen and oxygen atoms in total. The van der Waals surface area contributed by atoms with Gasteiger partial charge in [-0.25, -0.2) is 0 Å². The third kappa shape index (κ3) is 1.71. The molecule has 0 spiro atoms. The lowest BCUT2D eigenvalue weighted by Crippen LogP contribution is -2.51. The molecule has 2 unspecified atom stereocenters. The van der Waals surface area contributed by atoms with E-state index in [1.807, 2.05) is 0 Å². The molecule has 0 aromatic heterocycles. The molecule has 2 heterocycles. The van der Waals surface area contributed by atoms with E-state index < -0.39 is 17.1 Å². The van der Waals surface area contributed by atoms with E-state index in [1.165, 1.54) is 11.0 Å². The van der Waals surface area contributed by atoms with Crippen LogP contribution in [0.25, 0.3) is 0 Å². The van der Waals surface area contributed by atoms with E-state index in [0.29, 0.717) is 31.6 Å². The summed E-state index contributed by atoms with van der Waals surface area (Å²) in [6.45, 7) is 1.44. The van der Waals surface area contributed by atoms with Gasteiger partial charge in [0.2, 0.25) is 0 Å². The predicted octanol–water partition coefficient (Wildman–Crippen LogP) is -0.593. The van der Waals surface area contributed by atoms with Crippen molar-refractivity contribution in [2.75, 3.05) is 26.3 Å². The van der Waals surface area contributed by atoms with Gasteiger partial charge in [-0.1, -0.05) is 0 Å². The van der Waals surface area contributed by atoms with E-state index in [2.05, 4.69) is 0 Å². The lowest BCUT2D eigenvalue weighted by molar-refractivity contribution is -0.531. The lowest BCUT2D eigenvalue weighted by Gasteiger charge is -2.31. The highest BCUT2D eigenvalue weighted by Crippen LogP contribution is 2.13. The molecule has 0 aliphatic carbocycles. The Labute approximate surface area is 85.9 Å². The van der Waals surface area contributed by atoms with Gasteiger partial charge in [-0.05, 0) is 6.08 Å². The van der Waals surface area contributed by atoms with Crippen LogP contribution in [0.1, 0.15) is 2.74 Å². The van der Waals surface area contributed by atoms with E-state index in [0.717, 1.165) is 6.20 Å². The Hall–Kier alpha value is -1.14. The van der Waals surface area contributed by atoms with Crippen LogP contribution in [0.2, 0.25) is 1.41 Å². The Bertz CT molecular complexity index is 363. The van der Waals surface area contributed by atoms with Gasteiger partial charge in [0.05, 0.1) is 14.6 Å². The van der Waals surface area contributed by atoms with Crippen molar-refractivity contribution < 1.29 is 13.8 Å². The van der Waals surface area contributed by atoms with Crippen LogP contribution in [0.5, 0.6) is 0 Å². The first-order chi connectivity index (χ1) is 7.93. The fraction of sp³-hybridized carbons (Fsp3) is 0.750. The largest absolute Gasteiger partial charge is 0.379 e. The Morgan fingerprint density at radius 3 is 3.07 bits per heavy atom. The van der Waals surface area contributed by atoms with E-state index in [-0.39, 0.29) is 0 Å². The van der Waals surface area contributed by atoms with Crippen molar-refractivity contribution in [2.45, 2.75) is 12.2 Å². The standard InChI is InChI=1S/C8H13N3O3/c12-11(13)8-7(1-2-9-8)10-3-5-14-6-4-10/h1-2,7-9H,3-6H2/i7D,8D/hD. The molecule has 0 radical (unpaired) electrons. The summed E-state index contributed by atoms with van der Waals surface area (Å²) in [5, 5.41) is 11.4. The molecule has 2 rings (SSSR count). The number of nitro groups is 1. The molecule has 2 aliphatic heterocycles. The second-order valence-corrected chi connectivity index (χ2v) is 3.01. The average Bonchev–Trinajstić information content (AvgIpc) is 2.57. The van der Waals surface area contributed by atoms with Crippen molar-refractivity contribution in [3.8, 4) is 0 Å². The minimum absolute atomic E-state index is 0.343. The van der Waals surface area contributed by atoms with Gasteiger partial charge in [0.15, 0.2) is 1.41 Å². The molecule has 0 aromatic carbocycles. The maximum Gasteiger partial charge on any atom is 0.303 e. The molecule has 14 heavy (non-hydrogen) atoms. The topological polar surface area (TPSA) is 67.6 Å². The highest BCUT2D eigenvalue weighted by atomic mass is 16.6. The van der Waals surface area contributed by atoms with Gasteiger partial charge in [0.1, 0.15) is 7.39 Å². The fourth-order valence-electron chi connectivity index (χ4n) is 1.51. The Balaban J connectivity index is 2.34. The second-order valence-electron chi connectivity index (χ2n) is 3.01. The van der Waals surface area contributed by atoms with E-state index in [1.54, 1.807) is 0 Å². The highest BCUT2D eigenvalue weighted by Gasteiger charge is 2.37. The normalized spacial score (nSPS) is 47.1. The van der Waals surface area contributed by atoms with E-state index >= 15 is 0 Å². The first-order valence-corrected chi connectivity index (χ1v) is 4.38. The average molecular weight is 202 g/mol. The number of morpholine rings is 1. The second kappa shape index (κ2) is 3.93. The van der Waals surface area contributed by atoms with Gasteiger partial charge >= 0.3 is 6.14 Å². The maximum absolute atomic E-state index is 11.0. The molecule has 1 fully saturated rings. The number of rotatable bonds is 2. The van der Waals surface area contributed by atoms with Crippen LogP contribution in [0.4, 0.5) is 0 Å². The van der Waals surface area contributed by atoms with Crippen LogP contribution in [-0.4, -0.2) is 48.3 Å². The summed E-state index contributed by atoms with van der Waals surface area (Å²) in [7, 11) is 0. The number of hydrogen-bond donors (Lipinski definition) is 1. The summed E-state index contributed by atoms with van der Waals surface area (Å²) in [6, 6.07) is -1.86. The summed E-state index contributed by atoms with van der Waals surface area (Å²) in [5.74, 6) is 0. The number of nitrogens with zero attached hydrogens (tertiary/aromatic N) is 2. The lowest BCUT2D eigenvalue weighted by atomic mass is 10.2. The SMILES string of the molecule is [2H]N1C=CC([2H])(N2CCOCC2)C1([2H])[N+](=O)[O-]. The Morgan fingerprint density at radius 2 is 2.43 bits per heavy atom. The molecule has 78 valence electrons. The van der Waals surface area contributed by atoms with Gasteiger partial charge in [-0.15, -0.1) is 0 Å². The van der Waals surface area contributed by atoms with Crippen molar-refractivity contribution in [3.05, 3.63) is 22.4 Å². The van der Waals surface area contributed by atoms with Crippen LogP contribution in [0, 0.1) is 10.1 Å². The molecular formula is C8H13N3O3. The number of nitrogens with one attached hydrogen (secondary N) is 1. The smallest absolute Gasteiger partial charge is 0.303 e. The third-order valence-corrected chi connectivity index (χ3v) is 2.18. The van der Waals surface area contributed by atoms with Gasteiger partial charge < -0.3 is 10.0 Å². The quantitative estimate of drug-likeness (QED) is 0.478. The van der Waals surface area contributed by atoms with Crippen molar-refractivity contribution >= 4 is 0 Å². The van der Waals surface area contributed by atoms with Crippen LogP contribution >= 0.6 is 0 Å². The van der Waals surface area contributed by atoms with Crippen LogP contribution < -0.4 is 5.31 Å². The Morgan fingerprint density at radius 1 is 1.71 bits per heavy atom. The molecule has 2 aliphatic rings. The molecule has 0 bridgehead atoms. The van der Waals surface area contributed by atoms with Crippen LogP contribution in [-0.2, 0) is 4.74 Å². The number of ether oxygens (including phenoxy) is 1. The van der Waals surface area contributed by atoms with Crippen molar-refractivity contribution in [3.63, 3.8) is 0 Å². The van der Waals surface area contributed by atoms with Crippen LogP contribution in [0.3, 0.4) is 0 Å². The monoisotopic (exact) mass is 202 g/mol. The molecule has 6 heteroatoms. The molecule has 0 saturated carbocycles. The van der Waals surface area contributed by atoms with Gasteiger partial charge in [0, 0.05) is 24.2 Å². The fourth-order valence-corrected chi connectivity index (χ4v) is 1.51. The van der Waals surface area contributed by atoms with Crippen LogP contribution in [0.15, 0.2) is 12.3 Å². The first-order valence-electron chi connectivity index (χ1n) is 5.82. The molecule has 1 N–H and O–H groups in total. The van der Waals surface area contributed by atoms with Gasteiger partial charge in [-0.2, -0.15) is 0 Å². The summed E-state index contributed by atoms with van der Waals surface area (Å²) in [6.07, 6.45) is -0.219. The highest BCUT2D eigenvalue weighted by molar-refractivity contribution is 5.04. The summed E-state index contributed by atoms with van der Waals surface area (Å²) < 4.78 is 28.6. The van der Waals surface area contributed by atoms with Crippen molar-refractivity contribution in [1.82, 2.24) is 10.2 Å². The van der Waals surface area contributed by atoms with Gasteiger partial charge in [0.25, 0.3) is 0 Å². The van der Waals surface area contributed by atoms with Crippen molar-refractivity contribution in [2.24, 2.45) is 0 Å². The third-order valence-electron chi connectivity index (χ3n) is 2.18. The number of hydrogen-bond acceptors (Lipinski definition) is 5. The Kier molecular flexibility index (Phi) is 1.79. The molecular weight excluding hydrogens is 186 g/mol. The minimum atomic E-state index is -2.54. The zero-order valence-corrected chi connectivity index (χ0v) is 7.55. The summed E-state index contributed by atoms with van der Waals surface area (Å²) >= 11 is 0. The summed E-state index contributed by atoms with van der Waals surface area (Å²) in [5.41, 5.74) is 0. The first kappa shape index (κ1) is 6.36. The molecule has 0 amide bonds. The maximum atomic E-state index is 11.0. The zero-order valence-electron chi connectivity index (χ0n) is 10.5. The van der Waals surface area contributed by atoms with E-state index in [9.17, 15) is 10.1 Å². The minimum Gasteiger partial charge on any atom is -0.379 e. The molecule has 0 aromatic rings. The molecule has 2 atom stereocenters. The summed E-state index contributed by atoms with van der Waals surface area (Å²) in [4.78, 5) is 11.6.